The molecule has 1 amide bonds. The van der Waals surface area contributed by atoms with E-state index in [2.05, 4.69) is 21.4 Å². The van der Waals surface area contributed by atoms with Gasteiger partial charge in [0.1, 0.15) is 0 Å². The van der Waals surface area contributed by atoms with Gasteiger partial charge in [0.15, 0.2) is 0 Å². The first-order valence-corrected chi connectivity index (χ1v) is 6.45. The molecule has 1 aliphatic heterocycles. The van der Waals surface area contributed by atoms with Gasteiger partial charge >= 0.3 is 0 Å². The molecule has 0 saturated heterocycles. The number of halogens is 1. The van der Waals surface area contributed by atoms with Gasteiger partial charge in [-0.2, -0.15) is 0 Å². The van der Waals surface area contributed by atoms with Crippen LogP contribution in [0.4, 0.5) is 5.69 Å². The van der Waals surface area contributed by atoms with Crippen LogP contribution in [0.2, 0.25) is 0 Å². The largest absolute Gasteiger partial charge is 0.295 e. The number of anilines is 1. The lowest BCUT2D eigenvalue weighted by atomic mass is 10.1. The SMILES string of the molecule is O=C1c2ccccc2CN1Nc1cccc(Br)c1. The van der Waals surface area contributed by atoms with Crippen LogP contribution in [0.5, 0.6) is 0 Å². The Balaban J connectivity index is 1.83. The second-order valence-corrected chi connectivity index (χ2v) is 5.09. The third-order valence-corrected chi connectivity index (χ3v) is 3.40. The van der Waals surface area contributed by atoms with Crippen molar-refractivity contribution in [3.05, 3.63) is 64.1 Å². The van der Waals surface area contributed by atoms with Crippen molar-refractivity contribution in [1.29, 1.82) is 0 Å². The normalized spacial score (nSPS) is 13.6. The van der Waals surface area contributed by atoms with Crippen LogP contribution in [-0.4, -0.2) is 10.9 Å². The summed E-state index contributed by atoms with van der Waals surface area (Å²) in [5.41, 5.74) is 5.86. The Morgan fingerprint density at radius 1 is 1.11 bits per heavy atom. The molecule has 0 bridgehead atoms. The lowest BCUT2D eigenvalue weighted by molar-refractivity contribution is 0.0814. The van der Waals surface area contributed by atoms with Crippen LogP contribution >= 0.6 is 15.9 Å². The summed E-state index contributed by atoms with van der Waals surface area (Å²) in [6.45, 7) is 0.599. The maximum Gasteiger partial charge on any atom is 0.272 e. The van der Waals surface area contributed by atoms with Gasteiger partial charge in [-0.25, -0.2) is 5.01 Å². The molecule has 0 saturated carbocycles. The van der Waals surface area contributed by atoms with Crippen molar-refractivity contribution in [2.45, 2.75) is 6.54 Å². The smallest absolute Gasteiger partial charge is 0.272 e. The summed E-state index contributed by atoms with van der Waals surface area (Å²) in [6.07, 6.45) is 0. The van der Waals surface area contributed by atoms with Crippen LogP contribution < -0.4 is 5.43 Å². The number of nitrogens with zero attached hydrogens (tertiary/aromatic N) is 1. The molecule has 0 aromatic heterocycles. The lowest BCUT2D eigenvalue weighted by Crippen LogP contribution is -2.30. The fourth-order valence-corrected chi connectivity index (χ4v) is 2.46. The standard InChI is InChI=1S/C14H11BrN2O/c15-11-5-3-6-12(8-11)16-17-9-10-4-1-2-7-13(10)14(17)18/h1-8,16H,9H2. The van der Waals surface area contributed by atoms with Crippen LogP contribution in [0.1, 0.15) is 15.9 Å². The number of hydrogen-bond acceptors (Lipinski definition) is 2. The van der Waals surface area contributed by atoms with E-state index in [9.17, 15) is 4.79 Å². The highest BCUT2D eigenvalue weighted by Crippen LogP contribution is 2.24. The number of rotatable bonds is 2. The molecule has 1 N–H and O–H groups in total. The van der Waals surface area contributed by atoms with E-state index in [4.69, 9.17) is 0 Å². The van der Waals surface area contributed by atoms with Crippen LogP contribution in [0, 0.1) is 0 Å². The molecular weight excluding hydrogens is 292 g/mol. The number of fused-ring (bicyclic) bond motifs is 1. The summed E-state index contributed by atoms with van der Waals surface area (Å²) in [4.78, 5) is 12.1. The van der Waals surface area contributed by atoms with Gasteiger partial charge in [-0.3, -0.25) is 10.2 Å². The van der Waals surface area contributed by atoms with E-state index in [0.717, 1.165) is 21.3 Å². The van der Waals surface area contributed by atoms with Gasteiger partial charge in [-0.05, 0) is 29.8 Å². The van der Waals surface area contributed by atoms with Crippen molar-refractivity contribution in [2.75, 3.05) is 5.43 Å². The third kappa shape index (κ3) is 1.99. The van der Waals surface area contributed by atoms with Gasteiger partial charge < -0.3 is 0 Å². The Morgan fingerprint density at radius 3 is 2.72 bits per heavy atom. The highest BCUT2D eigenvalue weighted by atomic mass is 79.9. The topological polar surface area (TPSA) is 32.3 Å². The van der Waals surface area contributed by atoms with Crippen molar-refractivity contribution in [3.63, 3.8) is 0 Å². The fourth-order valence-electron chi connectivity index (χ4n) is 2.06. The van der Waals surface area contributed by atoms with E-state index in [1.54, 1.807) is 5.01 Å². The van der Waals surface area contributed by atoms with Crippen LogP contribution in [0.25, 0.3) is 0 Å². The summed E-state index contributed by atoms with van der Waals surface area (Å²) in [6, 6.07) is 15.4. The molecule has 0 radical (unpaired) electrons. The molecule has 1 aliphatic rings. The van der Waals surface area contributed by atoms with E-state index in [1.165, 1.54) is 0 Å². The minimum absolute atomic E-state index is 0.0191. The molecule has 3 nitrogen and oxygen atoms in total. The Morgan fingerprint density at radius 2 is 1.94 bits per heavy atom. The van der Waals surface area contributed by atoms with Crippen LogP contribution in [0.3, 0.4) is 0 Å². The fraction of sp³-hybridized carbons (Fsp3) is 0.0714. The molecule has 90 valence electrons. The summed E-state index contributed by atoms with van der Waals surface area (Å²) < 4.78 is 0.983. The first-order chi connectivity index (χ1) is 8.74. The average Bonchev–Trinajstić information content (AvgIpc) is 2.67. The third-order valence-electron chi connectivity index (χ3n) is 2.91. The molecule has 18 heavy (non-hydrogen) atoms. The predicted octanol–water partition coefficient (Wildman–Crippen LogP) is 3.43. The van der Waals surface area contributed by atoms with Crippen molar-refractivity contribution in [2.24, 2.45) is 0 Å². The number of amides is 1. The van der Waals surface area contributed by atoms with Gasteiger partial charge in [0.05, 0.1) is 12.2 Å². The minimum atomic E-state index is 0.0191. The number of carbonyl (C=O) groups excluding carboxylic acids is 1. The van der Waals surface area contributed by atoms with E-state index in [0.29, 0.717) is 6.54 Å². The molecule has 2 aromatic carbocycles. The van der Waals surface area contributed by atoms with Gasteiger partial charge in [0, 0.05) is 10.0 Å². The molecular formula is C14H11BrN2O. The van der Waals surface area contributed by atoms with Crippen molar-refractivity contribution >= 4 is 27.5 Å². The number of carbonyl (C=O) groups is 1. The number of hydrogen-bond donors (Lipinski definition) is 1. The quantitative estimate of drug-likeness (QED) is 0.922. The molecule has 0 spiro atoms. The van der Waals surface area contributed by atoms with Crippen molar-refractivity contribution in [3.8, 4) is 0 Å². The highest BCUT2D eigenvalue weighted by molar-refractivity contribution is 9.10. The zero-order valence-electron chi connectivity index (χ0n) is 9.56. The molecule has 2 aromatic rings. The molecule has 0 atom stereocenters. The molecule has 0 unspecified atom stereocenters. The first-order valence-electron chi connectivity index (χ1n) is 5.66. The van der Waals surface area contributed by atoms with E-state index in [1.807, 2.05) is 48.5 Å². The lowest BCUT2D eigenvalue weighted by Gasteiger charge is -2.18. The van der Waals surface area contributed by atoms with Gasteiger partial charge in [-0.1, -0.05) is 40.2 Å². The predicted molar refractivity (Wildman–Crippen MR) is 74.1 cm³/mol. The summed E-state index contributed by atoms with van der Waals surface area (Å²) in [7, 11) is 0. The van der Waals surface area contributed by atoms with Gasteiger partial charge in [0.25, 0.3) is 5.91 Å². The van der Waals surface area contributed by atoms with Crippen molar-refractivity contribution < 1.29 is 4.79 Å². The second-order valence-electron chi connectivity index (χ2n) is 4.17. The van der Waals surface area contributed by atoms with E-state index in [-0.39, 0.29) is 5.91 Å². The molecule has 0 fully saturated rings. The maximum absolute atomic E-state index is 12.1. The number of hydrazine groups is 1. The van der Waals surface area contributed by atoms with Crippen LogP contribution in [-0.2, 0) is 6.54 Å². The molecule has 4 heteroatoms. The van der Waals surface area contributed by atoms with Gasteiger partial charge in [0.2, 0.25) is 0 Å². The summed E-state index contributed by atoms with van der Waals surface area (Å²) in [5.74, 6) is 0.0191. The Kier molecular flexibility index (Phi) is 2.80. The molecule has 0 aliphatic carbocycles. The zero-order valence-corrected chi connectivity index (χ0v) is 11.1. The zero-order chi connectivity index (χ0) is 12.5. The molecule has 3 rings (SSSR count). The Labute approximate surface area is 114 Å². The first kappa shape index (κ1) is 11.3. The van der Waals surface area contributed by atoms with Crippen LogP contribution in [0.15, 0.2) is 53.0 Å². The minimum Gasteiger partial charge on any atom is -0.295 e. The van der Waals surface area contributed by atoms with E-state index >= 15 is 0 Å². The van der Waals surface area contributed by atoms with Gasteiger partial charge in [-0.15, -0.1) is 0 Å². The Bertz CT molecular complexity index is 612. The Hall–Kier alpha value is -1.81. The molecule has 1 heterocycles. The highest BCUT2D eigenvalue weighted by Gasteiger charge is 2.26. The average molecular weight is 303 g/mol. The second kappa shape index (κ2) is 4.46. The van der Waals surface area contributed by atoms with E-state index < -0.39 is 0 Å². The summed E-state index contributed by atoms with van der Waals surface area (Å²) in [5, 5.41) is 1.63. The number of nitrogens with one attached hydrogen (secondary N) is 1. The maximum atomic E-state index is 12.1. The van der Waals surface area contributed by atoms with Crippen molar-refractivity contribution in [1.82, 2.24) is 5.01 Å². The monoisotopic (exact) mass is 302 g/mol. The summed E-state index contributed by atoms with van der Waals surface area (Å²) >= 11 is 3.41. The number of benzene rings is 2.